The van der Waals surface area contributed by atoms with Crippen molar-refractivity contribution in [2.24, 2.45) is 0 Å². The molecule has 4 rings (SSSR count). The van der Waals surface area contributed by atoms with E-state index < -0.39 is 16.0 Å². The van der Waals surface area contributed by atoms with Gasteiger partial charge in [-0.2, -0.15) is 23.4 Å². The zero-order chi connectivity index (χ0) is 19.2. The molecule has 2 aromatic carbocycles. The van der Waals surface area contributed by atoms with Gasteiger partial charge in [-0.15, -0.1) is 0 Å². The van der Waals surface area contributed by atoms with Gasteiger partial charge in [-0.25, -0.2) is 4.39 Å². The first-order valence-corrected chi connectivity index (χ1v) is 10.0. The van der Waals surface area contributed by atoms with Gasteiger partial charge in [0.05, 0.1) is 17.1 Å². The number of benzene rings is 2. The maximum atomic E-state index is 14.4. The van der Waals surface area contributed by atoms with Crippen molar-refractivity contribution in [3.63, 3.8) is 0 Å². The lowest BCUT2D eigenvalue weighted by Crippen LogP contribution is -2.21. The van der Waals surface area contributed by atoms with Crippen LogP contribution in [0.2, 0.25) is 5.02 Å². The maximum absolute atomic E-state index is 14.4. The van der Waals surface area contributed by atoms with E-state index >= 15 is 0 Å². The second kappa shape index (κ2) is 6.59. The lowest BCUT2D eigenvalue weighted by atomic mass is 10.1. The molecule has 0 unspecified atom stereocenters. The van der Waals surface area contributed by atoms with Gasteiger partial charge in [0.1, 0.15) is 11.5 Å². The van der Waals surface area contributed by atoms with Crippen molar-refractivity contribution in [1.29, 1.82) is 0 Å². The van der Waals surface area contributed by atoms with Crippen LogP contribution in [0.25, 0.3) is 11.3 Å². The fourth-order valence-corrected chi connectivity index (χ4v) is 3.72. The average Bonchev–Trinajstić information content (AvgIpc) is 2.91. The lowest BCUT2D eigenvalue weighted by Gasteiger charge is -2.25. The van der Waals surface area contributed by atoms with Crippen LogP contribution in [-0.4, -0.2) is 34.5 Å². The number of para-hydroxylation sites is 1. The number of nitrogens with zero attached hydrogens (tertiary/aromatic N) is 4. The molecule has 1 N–H and O–H groups in total. The molecular weight excluding hydrogens is 395 g/mol. The molecule has 7 nitrogen and oxygen atoms in total. The Kier molecular flexibility index (Phi) is 4.37. The number of anilines is 2. The molecule has 10 heteroatoms. The van der Waals surface area contributed by atoms with Gasteiger partial charge < -0.3 is 4.90 Å². The van der Waals surface area contributed by atoms with E-state index in [4.69, 9.17) is 16.2 Å². The molecule has 0 saturated heterocycles. The predicted octanol–water partition coefficient (Wildman–Crippen LogP) is 3.28. The third-order valence-corrected chi connectivity index (χ3v) is 5.02. The summed E-state index contributed by atoms with van der Waals surface area (Å²) in [5.41, 5.74) is 2.73. The Morgan fingerprint density at radius 3 is 2.67 bits per heavy atom. The standard InChI is InChI=1S/C17H14ClFN4O3S/c18-11-5-6-12-16(9-11)22(15-4-2-1-3-13(15)19)8-7-14-17(12)21-23(20-14)10-27(24,25)26/h1-6,9H,7-8,10H2,(H,24,25,26). The number of fused-ring (bicyclic) bond motifs is 3. The largest absolute Gasteiger partial charge is 0.338 e. The highest BCUT2D eigenvalue weighted by atomic mass is 35.5. The van der Waals surface area contributed by atoms with Crippen LogP contribution in [0.15, 0.2) is 42.5 Å². The molecule has 1 aromatic heterocycles. The topological polar surface area (TPSA) is 88.3 Å². The Morgan fingerprint density at radius 2 is 1.93 bits per heavy atom. The SMILES string of the molecule is O=S(=O)(O)Cn1nc2c(n1)-c1ccc(Cl)cc1N(c1ccccc1F)CC2. The predicted molar refractivity (Wildman–Crippen MR) is 99.1 cm³/mol. The Morgan fingerprint density at radius 1 is 1.15 bits per heavy atom. The first kappa shape index (κ1) is 17.9. The van der Waals surface area contributed by atoms with Crippen molar-refractivity contribution in [3.05, 3.63) is 59.0 Å². The van der Waals surface area contributed by atoms with E-state index in [1.54, 1.807) is 41.3 Å². The van der Waals surface area contributed by atoms with E-state index in [1.807, 2.05) is 0 Å². The molecule has 0 atom stereocenters. The minimum atomic E-state index is -4.27. The summed E-state index contributed by atoms with van der Waals surface area (Å²) < 4.78 is 45.7. The van der Waals surface area contributed by atoms with Crippen molar-refractivity contribution >= 4 is 33.1 Å². The summed E-state index contributed by atoms with van der Waals surface area (Å²) >= 11 is 6.17. The summed E-state index contributed by atoms with van der Waals surface area (Å²) in [5, 5.41) is 8.88. The minimum absolute atomic E-state index is 0.368. The van der Waals surface area contributed by atoms with Crippen molar-refractivity contribution in [2.75, 3.05) is 11.4 Å². The second-order valence-corrected chi connectivity index (χ2v) is 7.95. The van der Waals surface area contributed by atoms with Crippen LogP contribution in [0.4, 0.5) is 15.8 Å². The van der Waals surface area contributed by atoms with Crippen molar-refractivity contribution in [2.45, 2.75) is 12.3 Å². The molecule has 0 fully saturated rings. The van der Waals surface area contributed by atoms with E-state index in [1.165, 1.54) is 6.07 Å². The van der Waals surface area contributed by atoms with Crippen LogP contribution < -0.4 is 4.90 Å². The Labute approximate surface area is 159 Å². The van der Waals surface area contributed by atoms with Gasteiger partial charge in [-0.1, -0.05) is 23.7 Å². The second-order valence-electron chi connectivity index (χ2n) is 6.09. The molecule has 3 aromatic rings. The Balaban J connectivity index is 1.87. The normalized spacial score (nSPS) is 13.8. The van der Waals surface area contributed by atoms with Gasteiger partial charge in [0, 0.05) is 23.6 Å². The highest BCUT2D eigenvalue weighted by Gasteiger charge is 2.27. The third-order valence-electron chi connectivity index (χ3n) is 4.22. The molecule has 0 saturated carbocycles. The molecule has 0 radical (unpaired) electrons. The Bertz CT molecular complexity index is 1130. The first-order chi connectivity index (χ1) is 12.8. The molecular formula is C17H14ClFN4O3S. The van der Waals surface area contributed by atoms with Crippen LogP contribution in [0, 0.1) is 5.82 Å². The van der Waals surface area contributed by atoms with E-state index in [-0.39, 0.29) is 5.82 Å². The summed E-state index contributed by atoms with van der Waals surface area (Å²) in [4.78, 5) is 2.74. The van der Waals surface area contributed by atoms with E-state index in [0.29, 0.717) is 46.3 Å². The molecule has 27 heavy (non-hydrogen) atoms. The van der Waals surface area contributed by atoms with Gasteiger partial charge in [0.15, 0.2) is 5.88 Å². The van der Waals surface area contributed by atoms with Crippen LogP contribution in [0.3, 0.4) is 0 Å². The zero-order valence-electron chi connectivity index (χ0n) is 13.9. The van der Waals surface area contributed by atoms with Gasteiger partial charge in [-0.05, 0) is 30.3 Å². The Hall–Kier alpha value is -2.49. The van der Waals surface area contributed by atoms with Crippen molar-refractivity contribution in [3.8, 4) is 11.3 Å². The maximum Gasteiger partial charge on any atom is 0.287 e. The average molecular weight is 409 g/mol. The summed E-state index contributed by atoms with van der Waals surface area (Å²) in [6.07, 6.45) is 0.404. The smallest absolute Gasteiger partial charge is 0.287 e. The molecule has 1 aliphatic heterocycles. The van der Waals surface area contributed by atoms with Crippen molar-refractivity contribution in [1.82, 2.24) is 15.0 Å². The van der Waals surface area contributed by atoms with E-state index in [9.17, 15) is 12.8 Å². The van der Waals surface area contributed by atoms with E-state index in [0.717, 1.165) is 4.80 Å². The number of hydrogen-bond donors (Lipinski definition) is 1. The molecule has 0 aliphatic carbocycles. The molecule has 140 valence electrons. The zero-order valence-corrected chi connectivity index (χ0v) is 15.5. The van der Waals surface area contributed by atoms with Crippen LogP contribution in [-0.2, 0) is 22.4 Å². The summed E-state index contributed by atoms with van der Waals surface area (Å²) in [5.74, 6) is -1.10. The highest BCUT2D eigenvalue weighted by Crippen LogP contribution is 2.40. The number of aromatic nitrogens is 3. The van der Waals surface area contributed by atoms with Gasteiger partial charge in [0.25, 0.3) is 10.1 Å². The summed E-state index contributed by atoms with van der Waals surface area (Å²) in [6.45, 7) is 0.395. The molecule has 2 heterocycles. The van der Waals surface area contributed by atoms with Gasteiger partial charge >= 0.3 is 0 Å². The first-order valence-electron chi connectivity index (χ1n) is 8.03. The monoisotopic (exact) mass is 408 g/mol. The van der Waals surface area contributed by atoms with Crippen LogP contribution in [0.5, 0.6) is 0 Å². The fraction of sp³-hybridized carbons (Fsp3) is 0.176. The lowest BCUT2D eigenvalue weighted by molar-refractivity contribution is 0.457. The number of rotatable bonds is 3. The van der Waals surface area contributed by atoms with Gasteiger partial charge in [0.2, 0.25) is 0 Å². The van der Waals surface area contributed by atoms with Crippen LogP contribution in [0.1, 0.15) is 5.69 Å². The molecule has 0 spiro atoms. The van der Waals surface area contributed by atoms with Crippen LogP contribution >= 0.6 is 11.6 Å². The fourth-order valence-electron chi connectivity index (χ4n) is 3.15. The number of halogens is 2. The molecule has 0 bridgehead atoms. The summed E-state index contributed by atoms with van der Waals surface area (Å²) in [7, 11) is -4.27. The third kappa shape index (κ3) is 3.53. The molecule has 0 amide bonds. The quantitative estimate of drug-likeness (QED) is 0.669. The minimum Gasteiger partial charge on any atom is -0.338 e. The van der Waals surface area contributed by atoms with Gasteiger partial charge in [-0.3, -0.25) is 4.55 Å². The van der Waals surface area contributed by atoms with Crippen molar-refractivity contribution < 1.29 is 17.4 Å². The molecule has 1 aliphatic rings. The summed E-state index contributed by atoms with van der Waals surface area (Å²) in [6, 6.07) is 11.5. The van der Waals surface area contributed by atoms with E-state index in [2.05, 4.69) is 10.2 Å². The highest BCUT2D eigenvalue weighted by molar-refractivity contribution is 7.84. The number of hydrogen-bond acceptors (Lipinski definition) is 5.